The number of para-hydroxylation sites is 1. The van der Waals surface area contributed by atoms with Crippen molar-refractivity contribution in [1.82, 2.24) is 0 Å². The first-order chi connectivity index (χ1) is 13.9. The van der Waals surface area contributed by atoms with Crippen molar-refractivity contribution >= 4 is 21.2 Å². The minimum Gasteiger partial charge on any atom is -0.496 e. The van der Waals surface area contributed by atoms with Crippen LogP contribution in [-0.4, -0.2) is 21.8 Å². The van der Waals surface area contributed by atoms with Gasteiger partial charge in [0, 0.05) is 23.8 Å². The van der Waals surface area contributed by atoms with Crippen LogP contribution in [0.5, 0.6) is 11.5 Å². The van der Waals surface area contributed by atoms with E-state index in [0.29, 0.717) is 4.90 Å². The average Bonchev–Trinajstić information content (AvgIpc) is 2.72. The lowest BCUT2D eigenvalue weighted by molar-refractivity contribution is 0.411. The predicted octanol–water partition coefficient (Wildman–Crippen LogP) is 4.91. The molecule has 0 atom stereocenters. The number of ether oxygens (including phenoxy) is 2. The van der Waals surface area contributed by atoms with Gasteiger partial charge >= 0.3 is 0 Å². The number of hydrogen-bond acceptors (Lipinski definition) is 4. The Hall–Kier alpha value is -3.05. The molecule has 3 aromatic rings. The lowest BCUT2D eigenvalue weighted by atomic mass is 9.91. The third-order valence-electron chi connectivity index (χ3n) is 5.11. The van der Waals surface area contributed by atoms with Crippen LogP contribution >= 0.6 is 0 Å². The summed E-state index contributed by atoms with van der Waals surface area (Å²) >= 11 is 0. The Kier molecular flexibility index (Phi) is 4.92. The van der Waals surface area contributed by atoms with E-state index in [2.05, 4.69) is 12.1 Å². The summed E-state index contributed by atoms with van der Waals surface area (Å²) in [6, 6.07) is 20.9. The van der Waals surface area contributed by atoms with Crippen molar-refractivity contribution in [2.24, 2.45) is 0 Å². The topological polar surface area (TPSA) is 52.6 Å². The molecule has 4 rings (SSSR count). The molecule has 0 radical (unpaired) electrons. The SMILES string of the molecule is COc1ccc(C2=C(c3ccc(S(C)(=O)=O)cc3)Oc3ccccc3C2)cc1C. The molecule has 0 saturated carbocycles. The zero-order valence-corrected chi connectivity index (χ0v) is 17.4. The van der Waals surface area contributed by atoms with Crippen LogP contribution in [0.25, 0.3) is 11.3 Å². The summed E-state index contributed by atoms with van der Waals surface area (Å²) in [6.45, 7) is 2.01. The van der Waals surface area contributed by atoms with Gasteiger partial charge in [-0.3, -0.25) is 0 Å². The van der Waals surface area contributed by atoms with E-state index in [1.165, 1.54) is 6.26 Å². The second-order valence-corrected chi connectivity index (χ2v) is 9.19. The summed E-state index contributed by atoms with van der Waals surface area (Å²) in [7, 11) is -1.59. The van der Waals surface area contributed by atoms with Crippen molar-refractivity contribution in [3.05, 3.63) is 89.0 Å². The van der Waals surface area contributed by atoms with E-state index < -0.39 is 9.84 Å². The molecule has 0 spiro atoms. The van der Waals surface area contributed by atoms with Crippen LogP contribution in [-0.2, 0) is 16.3 Å². The number of fused-ring (bicyclic) bond motifs is 1. The zero-order chi connectivity index (χ0) is 20.6. The largest absolute Gasteiger partial charge is 0.496 e. The monoisotopic (exact) mass is 406 g/mol. The molecule has 0 unspecified atom stereocenters. The lowest BCUT2D eigenvalue weighted by Crippen LogP contribution is -2.10. The summed E-state index contributed by atoms with van der Waals surface area (Å²) in [5.41, 5.74) is 5.12. The standard InChI is InChI=1S/C24H22O4S/c1-16-14-18(10-13-22(16)27-2)21-15-19-6-4-5-7-23(19)28-24(21)17-8-11-20(12-9-17)29(3,25)26/h4-14H,15H2,1-3H3. The molecule has 1 aliphatic rings. The fourth-order valence-corrected chi connectivity index (χ4v) is 4.21. The van der Waals surface area contributed by atoms with Crippen LogP contribution in [0.4, 0.5) is 0 Å². The average molecular weight is 407 g/mol. The smallest absolute Gasteiger partial charge is 0.175 e. The Balaban J connectivity index is 1.86. The minimum atomic E-state index is -3.25. The van der Waals surface area contributed by atoms with E-state index >= 15 is 0 Å². The molecule has 3 aromatic carbocycles. The number of benzene rings is 3. The normalized spacial score (nSPS) is 13.6. The molecule has 4 nitrogen and oxygen atoms in total. The maximum absolute atomic E-state index is 11.8. The summed E-state index contributed by atoms with van der Waals surface area (Å²) in [4.78, 5) is 0.292. The third kappa shape index (κ3) is 3.78. The Bertz CT molecular complexity index is 1210. The van der Waals surface area contributed by atoms with Crippen molar-refractivity contribution in [2.45, 2.75) is 18.2 Å². The van der Waals surface area contributed by atoms with E-state index in [9.17, 15) is 8.42 Å². The molecule has 0 bridgehead atoms. The number of rotatable bonds is 4. The third-order valence-corrected chi connectivity index (χ3v) is 6.24. The number of sulfone groups is 1. The van der Waals surface area contributed by atoms with Gasteiger partial charge in [-0.1, -0.05) is 24.3 Å². The van der Waals surface area contributed by atoms with Crippen LogP contribution in [0.1, 0.15) is 22.3 Å². The molecule has 5 heteroatoms. The summed E-state index contributed by atoms with van der Waals surface area (Å²) in [5.74, 6) is 2.41. The van der Waals surface area contributed by atoms with Gasteiger partial charge in [-0.2, -0.15) is 0 Å². The zero-order valence-electron chi connectivity index (χ0n) is 16.6. The van der Waals surface area contributed by atoms with Crippen LogP contribution in [0, 0.1) is 6.92 Å². The molecule has 29 heavy (non-hydrogen) atoms. The highest BCUT2D eigenvalue weighted by Gasteiger charge is 2.23. The Labute approximate surface area is 171 Å². The van der Waals surface area contributed by atoms with E-state index in [4.69, 9.17) is 9.47 Å². The Morgan fingerprint density at radius 2 is 1.62 bits per heavy atom. The van der Waals surface area contributed by atoms with E-state index in [1.54, 1.807) is 31.4 Å². The van der Waals surface area contributed by atoms with Gasteiger partial charge in [0.15, 0.2) is 9.84 Å². The van der Waals surface area contributed by atoms with E-state index in [1.807, 2.05) is 37.3 Å². The first-order valence-corrected chi connectivity index (χ1v) is 11.2. The first kappa shape index (κ1) is 19.3. The van der Waals surface area contributed by atoms with Crippen molar-refractivity contribution in [1.29, 1.82) is 0 Å². The number of methoxy groups -OCH3 is 1. The summed E-state index contributed by atoms with van der Waals surface area (Å²) in [5, 5.41) is 0. The van der Waals surface area contributed by atoms with Gasteiger partial charge in [-0.05, 0) is 66.1 Å². The van der Waals surface area contributed by atoms with Gasteiger partial charge in [-0.15, -0.1) is 0 Å². The fourth-order valence-electron chi connectivity index (χ4n) is 3.58. The lowest BCUT2D eigenvalue weighted by Gasteiger charge is -2.24. The molecule has 0 aliphatic carbocycles. The molecule has 0 amide bonds. The molecule has 0 saturated heterocycles. The van der Waals surface area contributed by atoms with Crippen LogP contribution in [0.3, 0.4) is 0 Å². The maximum atomic E-state index is 11.8. The molecular weight excluding hydrogens is 384 g/mol. The summed E-state index contributed by atoms with van der Waals surface area (Å²) < 4.78 is 35.3. The molecular formula is C24H22O4S. The van der Waals surface area contributed by atoms with E-state index in [-0.39, 0.29) is 0 Å². The molecule has 148 valence electrons. The van der Waals surface area contributed by atoms with Gasteiger partial charge in [0.2, 0.25) is 0 Å². The predicted molar refractivity (Wildman–Crippen MR) is 115 cm³/mol. The first-order valence-electron chi connectivity index (χ1n) is 9.31. The van der Waals surface area contributed by atoms with Crippen LogP contribution < -0.4 is 9.47 Å². The second kappa shape index (κ2) is 7.41. The van der Waals surface area contributed by atoms with Crippen LogP contribution in [0.15, 0.2) is 71.6 Å². The van der Waals surface area contributed by atoms with Gasteiger partial charge in [0.05, 0.1) is 12.0 Å². The minimum absolute atomic E-state index is 0.292. The highest BCUT2D eigenvalue weighted by molar-refractivity contribution is 7.90. The van der Waals surface area contributed by atoms with Gasteiger partial charge in [0.1, 0.15) is 17.3 Å². The van der Waals surface area contributed by atoms with Crippen molar-refractivity contribution in [3.63, 3.8) is 0 Å². The number of hydrogen-bond donors (Lipinski definition) is 0. The van der Waals surface area contributed by atoms with Crippen molar-refractivity contribution in [3.8, 4) is 11.5 Å². The Morgan fingerprint density at radius 3 is 2.28 bits per heavy atom. The molecule has 0 N–H and O–H groups in total. The summed E-state index contributed by atoms with van der Waals surface area (Å²) in [6.07, 6.45) is 1.94. The van der Waals surface area contributed by atoms with Crippen LogP contribution in [0.2, 0.25) is 0 Å². The fraction of sp³-hybridized carbons (Fsp3) is 0.167. The molecule has 0 aromatic heterocycles. The number of allylic oxidation sites excluding steroid dienone is 1. The highest BCUT2D eigenvalue weighted by Crippen LogP contribution is 2.40. The van der Waals surface area contributed by atoms with Crippen molar-refractivity contribution in [2.75, 3.05) is 13.4 Å². The number of aryl methyl sites for hydroxylation is 1. The van der Waals surface area contributed by atoms with Gasteiger partial charge < -0.3 is 9.47 Å². The second-order valence-electron chi connectivity index (χ2n) is 7.18. The van der Waals surface area contributed by atoms with E-state index in [0.717, 1.165) is 51.5 Å². The molecule has 0 fully saturated rings. The molecule has 1 heterocycles. The quantitative estimate of drug-likeness (QED) is 0.618. The Morgan fingerprint density at radius 1 is 0.931 bits per heavy atom. The van der Waals surface area contributed by atoms with Crippen molar-refractivity contribution < 1.29 is 17.9 Å². The maximum Gasteiger partial charge on any atom is 0.175 e. The highest BCUT2D eigenvalue weighted by atomic mass is 32.2. The molecule has 1 aliphatic heterocycles. The van der Waals surface area contributed by atoms with Gasteiger partial charge in [0.25, 0.3) is 0 Å². The van der Waals surface area contributed by atoms with Gasteiger partial charge in [-0.25, -0.2) is 8.42 Å².